The molecule has 0 aromatic carbocycles. The highest BCUT2D eigenvalue weighted by atomic mass is 16.2. The summed E-state index contributed by atoms with van der Waals surface area (Å²) in [5.74, 6) is 0.108. The molecule has 0 atom stereocenters. The highest BCUT2D eigenvalue weighted by Crippen LogP contribution is 2.12. The molecule has 0 aliphatic carbocycles. The molecule has 63 valence electrons. The average molecular weight is 164 g/mol. The Morgan fingerprint density at radius 1 is 1.58 bits per heavy atom. The summed E-state index contributed by atoms with van der Waals surface area (Å²) in [6.45, 7) is 2.01. The zero-order chi connectivity index (χ0) is 8.39. The van der Waals surface area contributed by atoms with Crippen molar-refractivity contribution in [3.8, 4) is 0 Å². The molecule has 2 rings (SSSR count). The van der Waals surface area contributed by atoms with Crippen LogP contribution in [0.2, 0.25) is 0 Å². The number of piperazine rings is 1. The third kappa shape index (κ3) is 1.21. The number of aromatic nitrogens is 1. The normalized spacial score (nSPS) is 18.3. The SMILES string of the molecule is O=C1CNCCN1c1[c][nH]cc1. The van der Waals surface area contributed by atoms with Crippen LogP contribution >= 0.6 is 0 Å². The summed E-state index contributed by atoms with van der Waals surface area (Å²) < 4.78 is 0. The molecular formula is C8H10N3O. The number of nitrogens with one attached hydrogen (secondary N) is 2. The van der Waals surface area contributed by atoms with Gasteiger partial charge in [-0.25, -0.2) is 0 Å². The van der Waals surface area contributed by atoms with E-state index in [0.717, 1.165) is 18.8 Å². The molecule has 1 aliphatic rings. The van der Waals surface area contributed by atoms with Gasteiger partial charge in [-0.15, -0.1) is 0 Å². The van der Waals surface area contributed by atoms with Crippen molar-refractivity contribution >= 4 is 11.6 Å². The zero-order valence-electron chi connectivity index (χ0n) is 6.63. The van der Waals surface area contributed by atoms with Gasteiger partial charge in [-0.3, -0.25) is 4.79 Å². The predicted octanol–water partition coefficient (Wildman–Crippen LogP) is -0.249. The quantitative estimate of drug-likeness (QED) is 0.601. The van der Waals surface area contributed by atoms with Gasteiger partial charge in [0, 0.05) is 19.3 Å². The molecule has 1 amide bonds. The van der Waals surface area contributed by atoms with Crippen LogP contribution in [0.4, 0.5) is 5.69 Å². The highest BCUT2D eigenvalue weighted by molar-refractivity contribution is 5.95. The number of amides is 1. The second-order valence-electron chi connectivity index (χ2n) is 2.71. The second kappa shape index (κ2) is 2.98. The van der Waals surface area contributed by atoms with Gasteiger partial charge in [-0.1, -0.05) is 0 Å². The zero-order valence-corrected chi connectivity index (χ0v) is 6.63. The van der Waals surface area contributed by atoms with E-state index in [9.17, 15) is 4.79 Å². The van der Waals surface area contributed by atoms with Crippen LogP contribution < -0.4 is 10.2 Å². The number of aromatic amines is 1. The first-order valence-corrected chi connectivity index (χ1v) is 3.94. The summed E-state index contributed by atoms with van der Waals surface area (Å²) in [5, 5.41) is 3.01. The smallest absolute Gasteiger partial charge is 0.241 e. The minimum Gasteiger partial charge on any atom is -0.358 e. The van der Waals surface area contributed by atoms with Crippen molar-refractivity contribution < 1.29 is 4.79 Å². The maximum absolute atomic E-state index is 11.3. The Morgan fingerprint density at radius 2 is 2.50 bits per heavy atom. The van der Waals surface area contributed by atoms with E-state index >= 15 is 0 Å². The molecule has 1 fully saturated rings. The van der Waals surface area contributed by atoms with Crippen LogP contribution in [0.15, 0.2) is 12.3 Å². The van der Waals surface area contributed by atoms with E-state index in [1.165, 1.54) is 0 Å². The summed E-state index contributed by atoms with van der Waals surface area (Å²) in [6, 6.07) is 1.85. The van der Waals surface area contributed by atoms with Gasteiger partial charge in [-0.2, -0.15) is 0 Å². The minimum atomic E-state index is 0.108. The number of anilines is 1. The summed E-state index contributed by atoms with van der Waals surface area (Å²) in [4.78, 5) is 15.9. The monoisotopic (exact) mass is 164 g/mol. The Hall–Kier alpha value is -1.29. The number of carbonyl (C=O) groups is 1. The first kappa shape index (κ1) is 7.36. The predicted molar refractivity (Wildman–Crippen MR) is 44.9 cm³/mol. The topological polar surface area (TPSA) is 48.1 Å². The fourth-order valence-corrected chi connectivity index (χ4v) is 1.30. The molecule has 12 heavy (non-hydrogen) atoms. The van der Waals surface area contributed by atoms with Crippen molar-refractivity contribution in [2.24, 2.45) is 0 Å². The van der Waals surface area contributed by atoms with Gasteiger partial charge in [0.15, 0.2) is 0 Å². The van der Waals surface area contributed by atoms with Crippen molar-refractivity contribution in [3.05, 3.63) is 18.5 Å². The van der Waals surface area contributed by atoms with Gasteiger partial charge in [0.1, 0.15) is 0 Å². The molecule has 1 aliphatic heterocycles. The molecule has 1 aromatic heterocycles. The van der Waals surface area contributed by atoms with Gasteiger partial charge in [0.05, 0.1) is 18.4 Å². The van der Waals surface area contributed by atoms with E-state index in [-0.39, 0.29) is 5.91 Å². The largest absolute Gasteiger partial charge is 0.358 e. The number of carbonyl (C=O) groups excluding carboxylic acids is 1. The van der Waals surface area contributed by atoms with E-state index in [1.54, 1.807) is 11.1 Å². The Bertz CT molecular complexity index is 268. The van der Waals surface area contributed by atoms with Crippen molar-refractivity contribution in [1.29, 1.82) is 0 Å². The number of hydrogen-bond acceptors (Lipinski definition) is 2. The first-order chi connectivity index (χ1) is 5.88. The molecular weight excluding hydrogens is 154 g/mol. The minimum absolute atomic E-state index is 0.108. The van der Waals surface area contributed by atoms with Gasteiger partial charge in [-0.05, 0) is 6.07 Å². The lowest BCUT2D eigenvalue weighted by atomic mass is 10.3. The van der Waals surface area contributed by atoms with Gasteiger partial charge < -0.3 is 15.2 Å². The third-order valence-corrected chi connectivity index (χ3v) is 1.91. The third-order valence-electron chi connectivity index (χ3n) is 1.91. The molecule has 4 nitrogen and oxygen atoms in total. The van der Waals surface area contributed by atoms with Gasteiger partial charge in [0.2, 0.25) is 5.91 Å². The van der Waals surface area contributed by atoms with Crippen molar-refractivity contribution in [3.63, 3.8) is 0 Å². The molecule has 1 saturated heterocycles. The molecule has 4 heteroatoms. The standard InChI is InChI=1S/C8H10N3O/c12-8-6-10-3-4-11(8)7-1-2-9-5-7/h1-2,9-10H,3-4,6H2. The van der Waals surface area contributed by atoms with E-state index in [0.29, 0.717) is 6.54 Å². The van der Waals surface area contributed by atoms with Crippen molar-refractivity contribution in [1.82, 2.24) is 10.3 Å². The fourth-order valence-electron chi connectivity index (χ4n) is 1.30. The summed E-state index contributed by atoms with van der Waals surface area (Å²) in [6.07, 6.45) is 4.66. The van der Waals surface area contributed by atoms with Crippen LogP contribution in [0, 0.1) is 6.20 Å². The molecule has 1 aromatic rings. The Morgan fingerprint density at radius 3 is 3.17 bits per heavy atom. The lowest BCUT2D eigenvalue weighted by molar-refractivity contribution is -0.118. The molecule has 0 bridgehead atoms. The second-order valence-corrected chi connectivity index (χ2v) is 2.71. The van der Waals surface area contributed by atoms with E-state index in [2.05, 4.69) is 16.5 Å². The Labute approximate surface area is 70.6 Å². The molecule has 0 unspecified atom stereocenters. The number of H-pyrrole nitrogens is 1. The highest BCUT2D eigenvalue weighted by Gasteiger charge is 2.19. The maximum atomic E-state index is 11.3. The van der Waals surface area contributed by atoms with Crippen molar-refractivity contribution in [2.75, 3.05) is 24.5 Å². The number of hydrogen-bond donors (Lipinski definition) is 2. The van der Waals surface area contributed by atoms with Crippen LogP contribution in [0.25, 0.3) is 0 Å². The van der Waals surface area contributed by atoms with Gasteiger partial charge >= 0.3 is 0 Å². The van der Waals surface area contributed by atoms with E-state index in [1.807, 2.05) is 6.07 Å². The fraction of sp³-hybridized carbons (Fsp3) is 0.375. The summed E-state index contributed by atoms with van der Waals surface area (Å²) in [5.41, 5.74) is 0.835. The molecule has 0 saturated carbocycles. The lowest BCUT2D eigenvalue weighted by Gasteiger charge is -2.25. The molecule has 1 radical (unpaired) electrons. The van der Waals surface area contributed by atoms with E-state index < -0.39 is 0 Å². The van der Waals surface area contributed by atoms with Crippen LogP contribution in [0.5, 0.6) is 0 Å². The molecule has 0 spiro atoms. The Balaban J connectivity index is 2.17. The van der Waals surface area contributed by atoms with E-state index in [4.69, 9.17) is 0 Å². The van der Waals surface area contributed by atoms with Crippen LogP contribution in [0.1, 0.15) is 0 Å². The summed E-state index contributed by atoms with van der Waals surface area (Å²) in [7, 11) is 0. The van der Waals surface area contributed by atoms with Crippen molar-refractivity contribution in [2.45, 2.75) is 0 Å². The Kier molecular flexibility index (Phi) is 1.83. The van der Waals surface area contributed by atoms with Gasteiger partial charge in [0.25, 0.3) is 0 Å². The molecule has 2 N–H and O–H groups in total. The average Bonchev–Trinajstić information content (AvgIpc) is 2.57. The number of rotatable bonds is 1. The maximum Gasteiger partial charge on any atom is 0.241 e. The lowest BCUT2D eigenvalue weighted by Crippen LogP contribution is -2.48. The van der Waals surface area contributed by atoms with Crippen LogP contribution in [-0.4, -0.2) is 30.5 Å². The van der Waals surface area contributed by atoms with Crippen LogP contribution in [0.3, 0.4) is 0 Å². The van der Waals surface area contributed by atoms with Crippen LogP contribution in [-0.2, 0) is 4.79 Å². The first-order valence-electron chi connectivity index (χ1n) is 3.94. The molecule has 2 heterocycles. The number of nitrogens with zero attached hydrogens (tertiary/aromatic N) is 1. The summed E-state index contributed by atoms with van der Waals surface area (Å²) >= 11 is 0.